The minimum atomic E-state index is -4.67. The lowest BCUT2D eigenvalue weighted by Gasteiger charge is -1.96. The van der Waals surface area contributed by atoms with Crippen LogP contribution in [0, 0.1) is 10.1 Å². The van der Waals surface area contributed by atoms with Crippen LogP contribution in [0.25, 0.3) is 0 Å². The van der Waals surface area contributed by atoms with Gasteiger partial charge in [-0.25, -0.2) is 0 Å². The van der Waals surface area contributed by atoms with Crippen molar-refractivity contribution in [2.75, 3.05) is 5.43 Å². The second-order valence-electron chi connectivity index (χ2n) is 2.40. The molecule has 0 heterocycles. The number of hydrazine groups is 1. The van der Waals surface area contributed by atoms with Gasteiger partial charge in [0.2, 0.25) is 0 Å². The summed E-state index contributed by atoms with van der Waals surface area (Å²) in [6.45, 7) is 0. The van der Waals surface area contributed by atoms with Gasteiger partial charge in [0.15, 0.2) is 0 Å². The molecule has 0 fully saturated rings. The first kappa shape index (κ1) is 14.2. The molecular formula is C6H9N3O6S. The number of rotatable bonds is 2. The molecule has 1 aromatic rings. The molecule has 0 saturated heterocycles. The van der Waals surface area contributed by atoms with Crippen molar-refractivity contribution in [3.63, 3.8) is 0 Å². The molecule has 0 spiro atoms. The van der Waals surface area contributed by atoms with Crippen LogP contribution in [0.5, 0.6) is 0 Å². The van der Waals surface area contributed by atoms with E-state index in [4.69, 9.17) is 23.4 Å². The molecule has 16 heavy (non-hydrogen) atoms. The van der Waals surface area contributed by atoms with Gasteiger partial charge in [-0.2, -0.15) is 8.42 Å². The number of nitrogens with one attached hydrogen (secondary N) is 1. The molecule has 0 radical (unpaired) electrons. The van der Waals surface area contributed by atoms with E-state index < -0.39 is 15.3 Å². The second kappa shape index (κ2) is 5.97. The van der Waals surface area contributed by atoms with E-state index in [9.17, 15) is 10.1 Å². The van der Waals surface area contributed by atoms with Crippen LogP contribution >= 0.6 is 0 Å². The number of nitrogen functional groups attached to an aromatic ring is 1. The maximum absolute atomic E-state index is 10.2. The maximum atomic E-state index is 10.2. The minimum Gasteiger partial charge on any atom is -0.324 e. The normalized spacial score (nSPS) is 9.94. The highest BCUT2D eigenvalue weighted by atomic mass is 32.3. The molecule has 1 aromatic carbocycles. The Morgan fingerprint density at radius 1 is 1.25 bits per heavy atom. The van der Waals surface area contributed by atoms with Crippen LogP contribution in [-0.2, 0) is 10.4 Å². The molecule has 0 aliphatic heterocycles. The van der Waals surface area contributed by atoms with Gasteiger partial charge in [0.25, 0.3) is 5.69 Å². The first-order chi connectivity index (χ1) is 7.24. The lowest BCUT2D eigenvalue weighted by Crippen LogP contribution is -2.06. The van der Waals surface area contributed by atoms with Crippen LogP contribution in [0.2, 0.25) is 0 Å². The summed E-state index contributed by atoms with van der Waals surface area (Å²) in [5.74, 6) is 5.06. The molecule has 5 N–H and O–H groups in total. The van der Waals surface area contributed by atoms with Gasteiger partial charge in [0, 0.05) is 17.8 Å². The third-order valence-electron chi connectivity index (χ3n) is 1.24. The molecule has 10 heteroatoms. The van der Waals surface area contributed by atoms with Gasteiger partial charge in [0.05, 0.1) is 4.92 Å². The van der Waals surface area contributed by atoms with Gasteiger partial charge in [-0.3, -0.25) is 25.1 Å². The topological polar surface area (TPSA) is 156 Å². The lowest BCUT2D eigenvalue weighted by atomic mass is 10.3. The number of hydrogen-bond acceptors (Lipinski definition) is 6. The van der Waals surface area contributed by atoms with Crippen molar-refractivity contribution in [3.05, 3.63) is 34.4 Å². The maximum Gasteiger partial charge on any atom is 0.394 e. The van der Waals surface area contributed by atoms with E-state index in [-0.39, 0.29) is 5.69 Å². The molecule has 0 amide bonds. The Bertz CT molecular complexity index is 434. The van der Waals surface area contributed by atoms with Crippen LogP contribution in [0.1, 0.15) is 0 Å². The van der Waals surface area contributed by atoms with E-state index in [1.165, 1.54) is 24.3 Å². The van der Waals surface area contributed by atoms with E-state index in [0.717, 1.165) is 0 Å². The van der Waals surface area contributed by atoms with Crippen LogP contribution in [0.4, 0.5) is 11.4 Å². The van der Waals surface area contributed by atoms with Crippen molar-refractivity contribution >= 4 is 21.8 Å². The summed E-state index contributed by atoms with van der Waals surface area (Å²) in [5.41, 5.74) is 3.08. The summed E-state index contributed by atoms with van der Waals surface area (Å²) < 4.78 is 31.6. The monoisotopic (exact) mass is 251 g/mol. The van der Waals surface area contributed by atoms with Crippen molar-refractivity contribution in [3.8, 4) is 0 Å². The molecule has 0 aromatic heterocycles. The summed E-state index contributed by atoms with van der Waals surface area (Å²) in [7, 11) is -4.67. The fourth-order valence-corrected chi connectivity index (χ4v) is 0.679. The molecule has 0 unspecified atom stereocenters. The Hall–Kier alpha value is -1.75. The number of hydrogen-bond donors (Lipinski definition) is 4. The number of anilines is 1. The first-order valence-corrected chi connectivity index (χ1v) is 5.04. The summed E-state index contributed by atoms with van der Waals surface area (Å²) >= 11 is 0. The molecule has 90 valence electrons. The quantitative estimate of drug-likeness (QED) is 0.252. The SMILES string of the molecule is NNc1ccc([N+](=O)[O-])cc1.O=S(=O)(O)O. The lowest BCUT2D eigenvalue weighted by molar-refractivity contribution is -0.384. The van der Waals surface area contributed by atoms with Gasteiger partial charge in [-0.1, -0.05) is 0 Å². The molecule has 0 aliphatic carbocycles. The third kappa shape index (κ3) is 7.64. The zero-order valence-corrected chi connectivity index (χ0v) is 8.59. The van der Waals surface area contributed by atoms with Crippen molar-refractivity contribution in [1.29, 1.82) is 0 Å². The molecule has 1 rings (SSSR count). The summed E-state index contributed by atoms with van der Waals surface area (Å²) in [6.07, 6.45) is 0. The summed E-state index contributed by atoms with van der Waals surface area (Å²) in [4.78, 5) is 9.70. The zero-order chi connectivity index (χ0) is 12.8. The van der Waals surface area contributed by atoms with E-state index >= 15 is 0 Å². The Morgan fingerprint density at radius 2 is 1.62 bits per heavy atom. The van der Waals surface area contributed by atoms with E-state index in [2.05, 4.69) is 5.43 Å². The molecule has 0 bridgehead atoms. The third-order valence-corrected chi connectivity index (χ3v) is 1.24. The minimum absolute atomic E-state index is 0.0593. The fraction of sp³-hybridized carbons (Fsp3) is 0. The van der Waals surface area contributed by atoms with E-state index in [1.807, 2.05) is 0 Å². The van der Waals surface area contributed by atoms with Crippen molar-refractivity contribution in [2.45, 2.75) is 0 Å². The number of nitro benzene ring substituents is 1. The van der Waals surface area contributed by atoms with Crippen LogP contribution in [0.3, 0.4) is 0 Å². The molecule has 0 saturated carbocycles. The number of benzene rings is 1. The Morgan fingerprint density at radius 3 is 1.88 bits per heavy atom. The number of nitrogens with two attached hydrogens (primary N) is 1. The van der Waals surface area contributed by atoms with Crippen molar-refractivity contribution in [2.24, 2.45) is 5.84 Å². The molecular weight excluding hydrogens is 242 g/mol. The number of nitrogens with zero attached hydrogens (tertiary/aromatic N) is 1. The second-order valence-corrected chi connectivity index (χ2v) is 3.29. The van der Waals surface area contributed by atoms with Gasteiger partial charge < -0.3 is 5.43 Å². The van der Waals surface area contributed by atoms with Gasteiger partial charge in [-0.15, -0.1) is 0 Å². The zero-order valence-electron chi connectivity index (χ0n) is 7.77. The van der Waals surface area contributed by atoms with Crippen molar-refractivity contribution < 1.29 is 22.4 Å². The highest BCUT2D eigenvalue weighted by Crippen LogP contribution is 2.13. The Balaban J connectivity index is 0.000000385. The fourth-order valence-electron chi connectivity index (χ4n) is 0.679. The molecule has 0 aliphatic rings. The highest BCUT2D eigenvalue weighted by molar-refractivity contribution is 7.79. The first-order valence-electron chi connectivity index (χ1n) is 3.65. The average molecular weight is 251 g/mol. The largest absolute Gasteiger partial charge is 0.394 e. The van der Waals surface area contributed by atoms with Gasteiger partial charge >= 0.3 is 10.4 Å². The number of nitro groups is 1. The van der Waals surface area contributed by atoms with Crippen LogP contribution in [-0.4, -0.2) is 22.4 Å². The van der Waals surface area contributed by atoms with E-state index in [0.29, 0.717) is 5.69 Å². The van der Waals surface area contributed by atoms with Crippen LogP contribution < -0.4 is 11.3 Å². The standard InChI is InChI=1S/C6H7N3O2.H2O4S/c7-8-5-1-3-6(4-2-5)9(10)11;1-5(2,3)4/h1-4,8H,7H2;(H2,1,2,3,4). The number of non-ortho nitro benzene ring substituents is 1. The van der Waals surface area contributed by atoms with E-state index in [1.54, 1.807) is 0 Å². The molecule has 0 atom stereocenters. The predicted octanol–water partition coefficient (Wildman–Crippen LogP) is 0.228. The van der Waals surface area contributed by atoms with Crippen molar-refractivity contribution in [1.82, 2.24) is 0 Å². The highest BCUT2D eigenvalue weighted by Gasteiger charge is 2.01. The molecule has 9 nitrogen and oxygen atoms in total. The smallest absolute Gasteiger partial charge is 0.324 e. The van der Waals surface area contributed by atoms with Crippen LogP contribution in [0.15, 0.2) is 24.3 Å². The summed E-state index contributed by atoms with van der Waals surface area (Å²) in [6, 6.07) is 5.85. The average Bonchev–Trinajstić information content (AvgIpc) is 2.15. The summed E-state index contributed by atoms with van der Waals surface area (Å²) in [5, 5.41) is 10.2. The Kier molecular flexibility index (Phi) is 5.32. The Labute approximate surface area is 90.6 Å². The van der Waals surface area contributed by atoms with Gasteiger partial charge in [0.1, 0.15) is 0 Å². The predicted molar refractivity (Wildman–Crippen MR) is 55.1 cm³/mol. The van der Waals surface area contributed by atoms with Gasteiger partial charge in [-0.05, 0) is 12.1 Å².